The van der Waals surface area contributed by atoms with Crippen LogP contribution in [0.4, 0.5) is 11.4 Å². The summed E-state index contributed by atoms with van der Waals surface area (Å²) in [5, 5.41) is 6.37. The van der Waals surface area contributed by atoms with Gasteiger partial charge >= 0.3 is 0 Å². The van der Waals surface area contributed by atoms with Crippen LogP contribution in [-0.2, 0) is 0 Å². The third-order valence-corrected chi connectivity index (χ3v) is 4.16. The molecule has 2 rings (SSSR count). The van der Waals surface area contributed by atoms with Crippen LogP contribution in [0.5, 0.6) is 0 Å². The average Bonchev–Trinajstić information content (AvgIpc) is 2.50. The Hall–Kier alpha value is -2.10. The van der Waals surface area contributed by atoms with E-state index in [1.54, 1.807) is 0 Å². The molecule has 0 fully saturated rings. The summed E-state index contributed by atoms with van der Waals surface area (Å²) >= 11 is 0. The molecule has 4 heteroatoms. The molecule has 0 aromatic heterocycles. The second-order valence-corrected chi connectivity index (χ2v) is 6.55. The molecule has 118 valence electrons. The van der Waals surface area contributed by atoms with Crippen molar-refractivity contribution < 1.29 is 0 Å². The van der Waals surface area contributed by atoms with E-state index in [1.165, 1.54) is 5.56 Å². The molecule has 0 radical (unpaired) electrons. The van der Waals surface area contributed by atoms with Gasteiger partial charge in [0.1, 0.15) is 11.4 Å². The molecule has 0 bridgehead atoms. The quantitative estimate of drug-likeness (QED) is 0.803. The average molecular weight is 300 g/mol. The van der Waals surface area contributed by atoms with Gasteiger partial charge in [-0.05, 0) is 39.7 Å². The number of rotatable bonds is 6. The standard InChI is InChI=1S/C18H24N2O2/c1-6-18(4,5)20-15-14(16(21)17(15)22)19-12(3)13-9-7-8-11(2)10-13/h7-10,12,19-20H,6H2,1-5H3. The Morgan fingerprint density at radius 2 is 1.77 bits per heavy atom. The molecular formula is C18H24N2O2. The summed E-state index contributed by atoms with van der Waals surface area (Å²) < 4.78 is 0. The van der Waals surface area contributed by atoms with Crippen molar-refractivity contribution in [1.29, 1.82) is 0 Å². The van der Waals surface area contributed by atoms with E-state index in [4.69, 9.17) is 0 Å². The van der Waals surface area contributed by atoms with Crippen molar-refractivity contribution >= 4 is 11.4 Å². The van der Waals surface area contributed by atoms with Crippen molar-refractivity contribution in [3.63, 3.8) is 0 Å². The van der Waals surface area contributed by atoms with Crippen molar-refractivity contribution in [2.24, 2.45) is 0 Å². The molecule has 0 aliphatic heterocycles. The van der Waals surface area contributed by atoms with Crippen molar-refractivity contribution in [3.8, 4) is 0 Å². The van der Waals surface area contributed by atoms with Gasteiger partial charge in [0.05, 0.1) is 0 Å². The van der Waals surface area contributed by atoms with E-state index < -0.39 is 10.9 Å². The van der Waals surface area contributed by atoms with Gasteiger partial charge in [0.15, 0.2) is 0 Å². The third-order valence-electron chi connectivity index (χ3n) is 4.16. The fourth-order valence-corrected chi connectivity index (χ4v) is 2.31. The Bertz CT molecular complexity index is 740. The first kappa shape index (κ1) is 16.3. The maximum absolute atomic E-state index is 11.9. The Kier molecular flexibility index (Phi) is 4.40. The Labute approximate surface area is 131 Å². The zero-order valence-electron chi connectivity index (χ0n) is 13.9. The van der Waals surface area contributed by atoms with Gasteiger partial charge in [0.2, 0.25) is 0 Å². The Morgan fingerprint density at radius 3 is 2.36 bits per heavy atom. The van der Waals surface area contributed by atoms with Gasteiger partial charge < -0.3 is 10.6 Å². The van der Waals surface area contributed by atoms with Crippen LogP contribution in [0.15, 0.2) is 33.9 Å². The number of anilines is 2. The number of nitrogens with one attached hydrogen (secondary N) is 2. The summed E-state index contributed by atoms with van der Waals surface area (Å²) in [5.41, 5.74) is 1.99. The topological polar surface area (TPSA) is 58.2 Å². The molecule has 0 heterocycles. The molecular weight excluding hydrogens is 276 g/mol. The molecule has 0 spiro atoms. The van der Waals surface area contributed by atoms with Gasteiger partial charge in [-0.2, -0.15) is 0 Å². The minimum atomic E-state index is -0.436. The van der Waals surface area contributed by atoms with E-state index in [0.717, 1.165) is 12.0 Å². The monoisotopic (exact) mass is 300 g/mol. The smallest absolute Gasteiger partial charge is 0.253 e. The van der Waals surface area contributed by atoms with Crippen LogP contribution in [0.25, 0.3) is 0 Å². The van der Waals surface area contributed by atoms with E-state index in [-0.39, 0.29) is 11.6 Å². The summed E-state index contributed by atoms with van der Waals surface area (Å²) in [7, 11) is 0. The highest BCUT2D eigenvalue weighted by molar-refractivity contribution is 5.75. The van der Waals surface area contributed by atoms with Gasteiger partial charge in [-0.25, -0.2) is 0 Å². The van der Waals surface area contributed by atoms with Crippen LogP contribution >= 0.6 is 0 Å². The van der Waals surface area contributed by atoms with Crippen molar-refractivity contribution in [3.05, 3.63) is 55.8 Å². The lowest BCUT2D eigenvalue weighted by Gasteiger charge is -2.28. The van der Waals surface area contributed by atoms with E-state index in [1.807, 2.05) is 52.8 Å². The normalized spacial score (nSPS) is 13.1. The molecule has 0 aliphatic carbocycles. The molecule has 2 N–H and O–H groups in total. The van der Waals surface area contributed by atoms with Crippen LogP contribution in [0, 0.1) is 6.92 Å². The Morgan fingerprint density at radius 1 is 1.14 bits per heavy atom. The fourth-order valence-electron chi connectivity index (χ4n) is 2.31. The zero-order chi connectivity index (χ0) is 16.5. The molecule has 22 heavy (non-hydrogen) atoms. The van der Waals surface area contributed by atoms with E-state index in [2.05, 4.69) is 16.7 Å². The Balaban J connectivity index is 2.22. The van der Waals surface area contributed by atoms with Gasteiger partial charge in [-0.1, -0.05) is 36.8 Å². The zero-order valence-corrected chi connectivity index (χ0v) is 13.9. The van der Waals surface area contributed by atoms with E-state index in [0.29, 0.717) is 11.4 Å². The molecule has 1 atom stereocenters. The SMILES string of the molecule is CCC(C)(C)Nc1c(NC(C)c2cccc(C)c2)c(=O)c1=O. The second kappa shape index (κ2) is 5.95. The summed E-state index contributed by atoms with van der Waals surface area (Å²) in [6.45, 7) is 10.1. The first-order valence-electron chi connectivity index (χ1n) is 7.69. The number of aryl methyl sites for hydroxylation is 1. The summed E-state index contributed by atoms with van der Waals surface area (Å²) in [5.74, 6) is 0. The third kappa shape index (κ3) is 3.21. The molecule has 4 nitrogen and oxygen atoms in total. The predicted molar refractivity (Wildman–Crippen MR) is 92.6 cm³/mol. The van der Waals surface area contributed by atoms with Crippen LogP contribution in [0.2, 0.25) is 0 Å². The molecule has 0 saturated heterocycles. The molecule has 0 aliphatic rings. The highest BCUT2D eigenvalue weighted by Crippen LogP contribution is 2.25. The van der Waals surface area contributed by atoms with Gasteiger partial charge in [0, 0.05) is 11.6 Å². The lowest BCUT2D eigenvalue weighted by molar-refractivity contribution is 0.546. The highest BCUT2D eigenvalue weighted by Gasteiger charge is 2.26. The van der Waals surface area contributed by atoms with Crippen LogP contribution in [0.1, 0.15) is 51.3 Å². The summed E-state index contributed by atoms with van der Waals surface area (Å²) in [6, 6.07) is 8.08. The highest BCUT2D eigenvalue weighted by atomic mass is 16.2. The fraction of sp³-hybridized carbons (Fsp3) is 0.444. The first-order valence-corrected chi connectivity index (χ1v) is 7.69. The maximum atomic E-state index is 11.9. The summed E-state index contributed by atoms with van der Waals surface area (Å²) in [4.78, 5) is 23.7. The second-order valence-electron chi connectivity index (χ2n) is 6.55. The first-order chi connectivity index (χ1) is 10.2. The van der Waals surface area contributed by atoms with E-state index >= 15 is 0 Å². The minimum absolute atomic E-state index is 0.0338. The number of hydrogen-bond acceptors (Lipinski definition) is 4. The van der Waals surface area contributed by atoms with Gasteiger partial charge in [-0.3, -0.25) is 9.59 Å². The van der Waals surface area contributed by atoms with Crippen molar-refractivity contribution in [1.82, 2.24) is 0 Å². The lowest BCUT2D eigenvalue weighted by Crippen LogP contribution is -2.42. The maximum Gasteiger partial charge on any atom is 0.253 e. The van der Waals surface area contributed by atoms with E-state index in [9.17, 15) is 9.59 Å². The minimum Gasteiger partial charge on any atom is -0.375 e. The number of hydrogen-bond donors (Lipinski definition) is 2. The molecule has 0 amide bonds. The predicted octanol–water partition coefficient (Wildman–Crippen LogP) is 3.36. The summed E-state index contributed by atoms with van der Waals surface area (Å²) in [6.07, 6.45) is 0.860. The van der Waals surface area contributed by atoms with Gasteiger partial charge in [-0.15, -0.1) is 0 Å². The molecule has 1 unspecified atom stereocenters. The molecule has 0 saturated carbocycles. The van der Waals surface area contributed by atoms with Gasteiger partial charge in [0.25, 0.3) is 10.9 Å². The van der Waals surface area contributed by atoms with Crippen molar-refractivity contribution in [2.75, 3.05) is 10.6 Å². The van der Waals surface area contributed by atoms with Crippen LogP contribution in [-0.4, -0.2) is 5.54 Å². The largest absolute Gasteiger partial charge is 0.375 e. The van der Waals surface area contributed by atoms with Crippen LogP contribution < -0.4 is 21.5 Å². The lowest BCUT2D eigenvalue weighted by atomic mass is 9.99. The number of benzene rings is 1. The molecule has 2 aromatic rings. The molecule has 2 aromatic carbocycles. The van der Waals surface area contributed by atoms with Crippen molar-refractivity contribution in [2.45, 2.75) is 52.6 Å². The van der Waals surface area contributed by atoms with Crippen LogP contribution in [0.3, 0.4) is 0 Å².